The molecule has 1 aromatic carbocycles. The highest BCUT2D eigenvalue weighted by Crippen LogP contribution is 2.28. The van der Waals surface area contributed by atoms with Gasteiger partial charge in [-0.3, -0.25) is 4.79 Å². The summed E-state index contributed by atoms with van der Waals surface area (Å²) in [5.41, 5.74) is 0. The smallest absolute Gasteiger partial charge is 0.322 e. The number of halogens is 2. The number of hydrogen-bond acceptors (Lipinski definition) is 3. The molecule has 1 aromatic rings. The normalized spacial score (nSPS) is 20.8. The van der Waals surface area contributed by atoms with Crippen LogP contribution in [0.15, 0.2) is 23.1 Å². The van der Waals surface area contributed by atoms with E-state index in [1.54, 1.807) is 0 Å². The molecule has 1 atom stereocenters. The van der Waals surface area contributed by atoms with Crippen LogP contribution >= 0.6 is 11.6 Å². The first-order chi connectivity index (χ1) is 9.34. The van der Waals surface area contributed by atoms with Crippen LogP contribution in [0.3, 0.4) is 0 Å². The zero-order valence-corrected chi connectivity index (χ0v) is 12.0. The minimum Gasteiger partial charge on any atom is -0.480 e. The average Bonchev–Trinajstić information content (AvgIpc) is 2.38. The molecule has 1 saturated heterocycles. The molecule has 1 fully saturated rings. The van der Waals surface area contributed by atoms with Crippen molar-refractivity contribution in [3.8, 4) is 0 Å². The van der Waals surface area contributed by atoms with Gasteiger partial charge in [0, 0.05) is 11.6 Å². The number of rotatable bonds is 3. The van der Waals surface area contributed by atoms with Gasteiger partial charge in [-0.2, -0.15) is 4.31 Å². The molecule has 0 aromatic heterocycles. The van der Waals surface area contributed by atoms with Crippen molar-refractivity contribution in [1.29, 1.82) is 0 Å². The van der Waals surface area contributed by atoms with E-state index in [0.29, 0.717) is 12.8 Å². The first-order valence-electron chi connectivity index (χ1n) is 6.04. The van der Waals surface area contributed by atoms with E-state index in [1.807, 2.05) is 0 Å². The fourth-order valence-electron chi connectivity index (χ4n) is 2.25. The Bertz CT molecular complexity index is 634. The second-order valence-electron chi connectivity index (χ2n) is 4.54. The van der Waals surface area contributed by atoms with Gasteiger partial charge in [-0.15, -0.1) is 0 Å². The predicted molar refractivity (Wildman–Crippen MR) is 70.6 cm³/mol. The molecule has 1 aliphatic rings. The Hall–Kier alpha value is -1.18. The molecule has 0 aliphatic carbocycles. The van der Waals surface area contributed by atoms with E-state index in [4.69, 9.17) is 16.7 Å². The second kappa shape index (κ2) is 5.67. The van der Waals surface area contributed by atoms with Crippen LogP contribution in [0.4, 0.5) is 4.39 Å². The van der Waals surface area contributed by atoms with Gasteiger partial charge in [0.1, 0.15) is 16.8 Å². The monoisotopic (exact) mass is 321 g/mol. The molecule has 1 N–H and O–H groups in total. The van der Waals surface area contributed by atoms with Crippen LogP contribution in [0, 0.1) is 5.82 Å². The van der Waals surface area contributed by atoms with Crippen molar-refractivity contribution in [2.45, 2.75) is 30.2 Å². The summed E-state index contributed by atoms with van der Waals surface area (Å²) >= 11 is 5.59. The average molecular weight is 322 g/mol. The number of piperidine rings is 1. The number of aliphatic carboxylic acids is 1. The van der Waals surface area contributed by atoms with Crippen molar-refractivity contribution in [2.24, 2.45) is 0 Å². The summed E-state index contributed by atoms with van der Waals surface area (Å²) in [5, 5.41) is 9.19. The Morgan fingerprint density at radius 2 is 2.10 bits per heavy atom. The molecular weight excluding hydrogens is 309 g/mol. The minimum atomic E-state index is -4.18. The van der Waals surface area contributed by atoms with Crippen LogP contribution in [0.2, 0.25) is 5.02 Å². The van der Waals surface area contributed by atoms with E-state index in [1.165, 1.54) is 6.07 Å². The molecule has 0 amide bonds. The van der Waals surface area contributed by atoms with Gasteiger partial charge in [-0.25, -0.2) is 12.8 Å². The van der Waals surface area contributed by atoms with Gasteiger partial charge in [0.2, 0.25) is 10.0 Å². The summed E-state index contributed by atoms with van der Waals surface area (Å²) in [5.74, 6) is -2.20. The van der Waals surface area contributed by atoms with E-state index >= 15 is 0 Å². The van der Waals surface area contributed by atoms with Crippen molar-refractivity contribution in [1.82, 2.24) is 4.31 Å². The van der Waals surface area contributed by atoms with Gasteiger partial charge >= 0.3 is 5.97 Å². The molecule has 0 radical (unpaired) electrons. The molecule has 1 heterocycles. The Kier molecular flexibility index (Phi) is 4.31. The Balaban J connectivity index is 2.45. The van der Waals surface area contributed by atoms with E-state index in [9.17, 15) is 17.6 Å². The van der Waals surface area contributed by atoms with Crippen LogP contribution in [0.25, 0.3) is 0 Å². The van der Waals surface area contributed by atoms with Gasteiger partial charge in [0.25, 0.3) is 0 Å². The Morgan fingerprint density at radius 3 is 2.70 bits per heavy atom. The first-order valence-corrected chi connectivity index (χ1v) is 7.85. The van der Waals surface area contributed by atoms with E-state index in [2.05, 4.69) is 0 Å². The first kappa shape index (κ1) is 15.2. The number of carboxylic acids is 1. The van der Waals surface area contributed by atoms with Crippen molar-refractivity contribution < 1.29 is 22.7 Å². The lowest BCUT2D eigenvalue weighted by Crippen LogP contribution is -2.48. The molecule has 1 unspecified atom stereocenters. The van der Waals surface area contributed by atoms with Gasteiger partial charge in [-0.1, -0.05) is 11.6 Å². The zero-order valence-electron chi connectivity index (χ0n) is 10.4. The summed E-state index contributed by atoms with van der Waals surface area (Å²) in [6.45, 7) is 0.0708. The highest BCUT2D eigenvalue weighted by molar-refractivity contribution is 7.89. The molecule has 0 bridgehead atoms. The maximum Gasteiger partial charge on any atom is 0.322 e. The fraction of sp³-hybridized carbons (Fsp3) is 0.417. The van der Waals surface area contributed by atoms with Gasteiger partial charge in [0.05, 0.1) is 0 Å². The van der Waals surface area contributed by atoms with Crippen molar-refractivity contribution in [2.75, 3.05) is 6.54 Å². The second-order valence-corrected chi connectivity index (χ2v) is 6.84. The maximum absolute atomic E-state index is 13.8. The number of carbonyl (C=O) groups is 1. The number of benzene rings is 1. The lowest BCUT2D eigenvalue weighted by atomic mass is 10.1. The number of carboxylic acid groups (broad SMARTS) is 1. The zero-order chi connectivity index (χ0) is 14.9. The molecule has 1 aliphatic heterocycles. The van der Waals surface area contributed by atoms with Gasteiger partial charge in [-0.05, 0) is 37.5 Å². The van der Waals surface area contributed by atoms with Crippen molar-refractivity contribution >= 4 is 27.6 Å². The van der Waals surface area contributed by atoms with E-state index in [0.717, 1.165) is 16.4 Å². The van der Waals surface area contributed by atoms with Crippen LogP contribution in [0.5, 0.6) is 0 Å². The molecule has 5 nitrogen and oxygen atoms in total. The molecule has 0 spiro atoms. The predicted octanol–water partition coefficient (Wildman–Crippen LogP) is 2.11. The van der Waals surface area contributed by atoms with E-state index in [-0.39, 0.29) is 18.0 Å². The van der Waals surface area contributed by atoms with Crippen LogP contribution in [0.1, 0.15) is 19.3 Å². The van der Waals surface area contributed by atoms with E-state index < -0.39 is 32.7 Å². The Labute approximate surface area is 121 Å². The molecule has 110 valence electrons. The summed E-state index contributed by atoms with van der Waals surface area (Å²) in [6, 6.07) is 2.06. The summed E-state index contributed by atoms with van der Waals surface area (Å²) in [6.07, 6.45) is 1.41. The fourth-order valence-corrected chi connectivity index (χ4v) is 4.11. The van der Waals surface area contributed by atoms with Gasteiger partial charge < -0.3 is 5.11 Å². The number of nitrogens with zero attached hydrogens (tertiary/aromatic N) is 1. The number of hydrogen-bond donors (Lipinski definition) is 1. The highest BCUT2D eigenvalue weighted by atomic mass is 35.5. The van der Waals surface area contributed by atoms with Crippen molar-refractivity contribution in [3.63, 3.8) is 0 Å². The topological polar surface area (TPSA) is 74.7 Å². The Morgan fingerprint density at radius 1 is 1.40 bits per heavy atom. The summed E-state index contributed by atoms with van der Waals surface area (Å²) < 4.78 is 39.5. The molecular formula is C12H13ClFNO4S. The van der Waals surface area contributed by atoms with Crippen LogP contribution < -0.4 is 0 Å². The minimum absolute atomic E-state index is 0.0708. The summed E-state index contributed by atoms with van der Waals surface area (Å²) in [7, 11) is -4.18. The summed E-state index contributed by atoms with van der Waals surface area (Å²) in [4.78, 5) is 10.6. The SMILES string of the molecule is O=C(O)C1CCCCN1S(=O)(=O)c1ccc(Cl)cc1F. The highest BCUT2D eigenvalue weighted by Gasteiger charge is 2.38. The largest absolute Gasteiger partial charge is 0.480 e. The third kappa shape index (κ3) is 2.79. The number of sulfonamides is 1. The molecule has 0 saturated carbocycles. The van der Waals surface area contributed by atoms with Crippen LogP contribution in [-0.2, 0) is 14.8 Å². The third-order valence-electron chi connectivity index (χ3n) is 3.22. The van der Waals surface area contributed by atoms with Crippen LogP contribution in [-0.4, -0.2) is 36.4 Å². The molecule has 2 rings (SSSR count). The lowest BCUT2D eigenvalue weighted by Gasteiger charge is -2.31. The lowest BCUT2D eigenvalue weighted by molar-refractivity contribution is -0.142. The molecule has 8 heteroatoms. The quantitative estimate of drug-likeness (QED) is 0.925. The van der Waals surface area contributed by atoms with Crippen molar-refractivity contribution in [3.05, 3.63) is 29.0 Å². The maximum atomic E-state index is 13.8. The third-order valence-corrected chi connectivity index (χ3v) is 5.40. The molecule has 20 heavy (non-hydrogen) atoms. The van der Waals surface area contributed by atoms with Gasteiger partial charge in [0.15, 0.2) is 0 Å². The standard InChI is InChI=1S/C12H13ClFNO4S/c13-8-4-5-11(9(14)7-8)20(18,19)15-6-2-1-3-10(15)12(16)17/h4-5,7,10H,1-3,6H2,(H,16,17).